The van der Waals surface area contributed by atoms with Crippen LogP contribution in [-0.2, 0) is 0 Å². The topological polar surface area (TPSA) is 29.3 Å². The lowest BCUT2D eigenvalue weighted by molar-refractivity contribution is 0.0966. The van der Waals surface area contributed by atoms with Crippen molar-refractivity contribution in [2.75, 3.05) is 13.6 Å². The van der Waals surface area contributed by atoms with Crippen LogP contribution in [0, 0.1) is 12.3 Å². The molecule has 0 heterocycles. The van der Waals surface area contributed by atoms with Gasteiger partial charge in [0.25, 0.3) is 0 Å². The fourth-order valence-corrected chi connectivity index (χ4v) is 3.80. The second-order valence-corrected chi connectivity index (χ2v) is 8.18. The van der Waals surface area contributed by atoms with Crippen molar-refractivity contribution < 1.29 is 0 Å². The van der Waals surface area contributed by atoms with Crippen LogP contribution in [-0.4, -0.2) is 24.5 Å². The van der Waals surface area contributed by atoms with Crippen molar-refractivity contribution in [3.05, 3.63) is 33.8 Å². The Kier molecular flexibility index (Phi) is 5.50. The van der Waals surface area contributed by atoms with Gasteiger partial charge in [-0.05, 0) is 62.3 Å². The van der Waals surface area contributed by atoms with Gasteiger partial charge in [-0.3, -0.25) is 4.90 Å². The number of benzene rings is 1. The predicted molar refractivity (Wildman–Crippen MR) is 94.5 cm³/mol. The van der Waals surface area contributed by atoms with Gasteiger partial charge in [-0.2, -0.15) is 0 Å². The number of hydrogen-bond acceptors (Lipinski definition) is 2. The Morgan fingerprint density at radius 3 is 2.48 bits per heavy atom. The SMILES string of the molecule is Cc1ccc(C(CN)N(C)C2CCC(C)(C)CC2)cc1Br. The molecule has 0 spiro atoms. The van der Waals surface area contributed by atoms with E-state index in [4.69, 9.17) is 5.73 Å². The number of rotatable bonds is 4. The van der Waals surface area contributed by atoms with Gasteiger partial charge >= 0.3 is 0 Å². The number of nitrogens with zero attached hydrogens (tertiary/aromatic N) is 1. The van der Waals surface area contributed by atoms with E-state index in [0.717, 1.165) is 0 Å². The minimum atomic E-state index is 0.313. The van der Waals surface area contributed by atoms with Crippen molar-refractivity contribution in [1.82, 2.24) is 4.90 Å². The summed E-state index contributed by atoms with van der Waals surface area (Å²) in [6, 6.07) is 7.61. The van der Waals surface area contributed by atoms with Gasteiger partial charge in [0.2, 0.25) is 0 Å². The molecule has 2 rings (SSSR count). The van der Waals surface area contributed by atoms with Crippen LogP contribution in [0.15, 0.2) is 22.7 Å². The lowest BCUT2D eigenvalue weighted by Gasteiger charge is -2.41. The third-order valence-corrected chi connectivity index (χ3v) is 6.03. The molecule has 2 nitrogen and oxygen atoms in total. The second kappa shape index (κ2) is 6.80. The van der Waals surface area contributed by atoms with Gasteiger partial charge in [-0.25, -0.2) is 0 Å². The smallest absolute Gasteiger partial charge is 0.0470 e. The van der Waals surface area contributed by atoms with Gasteiger partial charge in [0.15, 0.2) is 0 Å². The van der Waals surface area contributed by atoms with Gasteiger partial charge in [0.1, 0.15) is 0 Å². The summed E-state index contributed by atoms with van der Waals surface area (Å²) in [5, 5.41) is 0. The first kappa shape index (κ1) is 17.0. The van der Waals surface area contributed by atoms with Gasteiger partial charge in [0, 0.05) is 23.1 Å². The van der Waals surface area contributed by atoms with Crippen molar-refractivity contribution in [3.63, 3.8) is 0 Å². The zero-order chi connectivity index (χ0) is 15.6. The summed E-state index contributed by atoms with van der Waals surface area (Å²) in [5.41, 5.74) is 9.21. The van der Waals surface area contributed by atoms with Gasteiger partial charge in [-0.1, -0.05) is 41.9 Å². The Balaban J connectivity index is 2.11. The molecule has 1 aliphatic carbocycles. The molecule has 0 aromatic heterocycles. The lowest BCUT2D eigenvalue weighted by atomic mass is 9.75. The van der Waals surface area contributed by atoms with E-state index >= 15 is 0 Å². The average molecular weight is 353 g/mol. The molecule has 1 aliphatic rings. The summed E-state index contributed by atoms with van der Waals surface area (Å²) >= 11 is 3.64. The highest BCUT2D eigenvalue weighted by Gasteiger charge is 2.31. The van der Waals surface area contributed by atoms with E-state index in [1.807, 2.05) is 0 Å². The van der Waals surface area contributed by atoms with Crippen molar-refractivity contribution in [1.29, 1.82) is 0 Å². The number of nitrogens with two attached hydrogens (primary N) is 1. The highest BCUT2D eigenvalue weighted by atomic mass is 79.9. The van der Waals surface area contributed by atoms with Crippen LogP contribution >= 0.6 is 15.9 Å². The number of halogens is 1. The van der Waals surface area contributed by atoms with E-state index in [-0.39, 0.29) is 0 Å². The van der Waals surface area contributed by atoms with E-state index in [1.165, 1.54) is 41.3 Å². The van der Waals surface area contributed by atoms with Crippen molar-refractivity contribution in [2.45, 2.75) is 58.5 Å². The van der Waals surface area contributed by atoms with Crippen LogP contribution in [0.3, 0.4) is 0 Å². The van der Waals surface area contributed by atoms with Crippen LogP contribution in [0.25, 0.3) is 0 Å². The largest absolute Gasteiger partial charge is 0.329 e. The standard InChI is InChI=1S/C18H29BrN2/c1-13-5-6-14(11-16(13)19)17(12-20)21(4)15-7-9-18(2,3)10-8-15/h5-6,11,15,17H,7-10,12,20H2,1-4H3. The molecule has 0 radical (unpaired) electrons. The monoisotopic (exact) mass is 352 g/mol. The molecule has 1 atom stereocenters. The highest BCUT2D eigenvalue weighted by molar-refractivity contribution is 9.10. The molecule has 21 heavy (non-hydrogen) atoms. The van der Waals surface area contributed by atoms with E-state index in [0.29, 0.717) is 24.0 Å². The van der Waals surface area contributed by atoms with Crippen molar-refractivity contribution in [2.24, 2.45) is 11.1 Å². The van der Waals surface area contributed by atoms with Crippen LogP contribution in [0.4, 0.5) is 0 Å². The first-order chi connectivity index (χ1) is 9.84. The number of likely N-dealkylation sites (N-methyl/N-ethyl adjacent to an activating group) is 1. The Morgan fingerprint density at radius 2 is 1.95 bits per heavy atom. The zero-order valence-electron chi connectivity index (χ0n) is 13.8. The molecule has 0 bridgehead atoms. The molecule has 1 aromatic carbocycles. The van der Waals surface area contributed by atoms with Crippen molar-refractivity contribution >= 4 is 15.9 Å². The lowest BCUT2D eigenvalue weighted by Crippen LogP contribution is -2.41. The van der Waals surface area contributed by atoms with Crippen LogP contribution in [0.5, 0.6) is 0 Å². The van der Waals surface area contributed by atoms with Crippen LogP contribution < -0.4 is 5.73 Å². The zero-order valence-corrected chi connectivity index (χ0v) is 15.4. The van der Waals surface area contributed by atoms with E-state index in [1.54, 1.807) is 0 Å². The highest BCUT2D eigenvalue weighted by Crippen LogP contribution is 2.38. The minimum absolute atomic E-state index is 0.313. The Morgan fingerprint density at radius 1 is 1.33 bits per heavy atom. The van der Waals surface area contributed by atoms with Gasteiger partial charge in [-0.15, -0.1) is 0 Å². The fourth-order valence-electron chi connectivity index (χ4n) is 3.40. The second-order valence-electron chi connectivity index (χ2n) is 7.32. The molecule has 1 saturated carbocycles. The number of aryl methyl sites for hydroxylation is 1. The first-order valence-electron chi connectivity index (χ1n) is 8.02. The summed E-state index contributed by atoms with van der Waals surface area (Å²) < 4.78 is 1.18. The molecule has 2 N–H and O–H groups in total. The summed E-state index contributed by atoms with van der Waals surface area (Å²) in [6.45, 7) is 7.57. The third-order valence-electron chi connectivity index (χ3n) is 5.18. The van der Waals surface area contributed by atoms with Crippen molar-refractivity contribution in [3.8, 4) is 0 Å². The predicted octanol–water partition coefficient (Wildman–Crippen LogP) is 4.66. The van der Waals surface area contributed by atoms with Crippen LogP contribution in [0.1, 0.15) is 56.7 Å². The molecule has 1 fully saturated rings. The quantitative estimate of drug-likeness (QED) is 0.853. The fraction of sp³-hybridized carbons (Fsp3) is 0.667. The molecule has 0 saturated heterocycles. The summed E-state index contributed by atoms with van der Waals surface area (Å²) in [7, 11) is 2.24. The normalized spacial score (nSPS) is 20.7. The van der Waals surface area contributed by atoms with Gasteiger partial charge in [0.05, 0.1) is 0 Å². The molecule has 3 heteroatoms. The first-order valence-corrected chi connectivity index (χ1v) is 8.81. The average Bonchev–Trinajstić information content (AvgIpc) is 2.43. The summed E-state index contributed by atoms with van der Waals surface area (Å²) in [5.74, 6) is 0. The maximum Gasteiger partial charge on any atom is 0.0470 e. The molecule has 0 aliphatic heterocycles. The van der Waals surface area contributed by atoms with E-state index in [9.17, 15) is 0 Å². The summed E-state index contributed by atoms with van der Waals surface area (Å²) in [4.78, 5) is 2.51. The Labute approximate surface area is 138 Å². The molecular weight excluding hydrogens is 324 g/mol. The Bertz CT molecular complexity index is 474. The third kappa shape index (κ3) is 4.08. The maximum absolute atomic E-state index is 6.10. The molecular formula is C18H29BrN2. The molecule has 118 valence electrons. The Hall–Kier alpha value is -0.380. The van der Waals surface area contributed by atoms with Crippen LogP contribution in [0.2, 0.25) is 0 Å². The van der Waals surface area contributed by atoms with E-state index in [2.05, 4.69) is 66.8 Å². The molecule has 0 amide bonds. The molecule has 1 unspecified atom stereocenters. The van der Waals surface area contributed by atoms with Gasteiger partial charge < -0.3 is 5.73 Å². The maximum atomic E-state index is 6.10. The summed E-state index contributed by atoms with van der Waals surface area (Å²) in [6.07, 6.45) is 5.20. The molecule has 1 aromatic rings. The van der Waals surface area contributed by atoms with E-state index < -0.39 is 0 Å². The number of hydrogen-bond donors (Lipinski definition) is 1. The minimum Gasteiger partial charge on any atom is -0.329 e.